The van der Waals surface area contributed by atoms with Crippen molar-refractivity contribution < 1.29 is 0 Å². The van der Waals surface area contributed by atoms with Crippen LogP contribution in [-0.2, 0) is 6.42 Å². The van der Waals surface area contributed by atoms with E-state index in [2.05, 4.69) is 29.1 Å². The first kappa shape index (κ1) is 15.1. The first-order chi connectivity index (χ1) is 9.70. The second-order valence-electron chi connectivity index (χ2n) is 6.19. The first-order valence-electron chi connectivity index (χ1n) is 8.04. The summed E-state index contributed by atoms with van der Waals surface area (Å²) >= 11 is 0. The minimum Gasteiger partial charge on any atom is -0.383 e. The fraction of sp³-hybridized carbons (Fsp3) is 0.750. The van der Waals surface area contributed by atoms with Gasteiger partial charge in [0.05, 0.1) is 0 Å². The van der Waals surface area contributed by atoms with E-state index >= 15 is 0 Å². The lowest BCUT2D eigenvalue weighted by Crippen LogP contribution is -2.17. The molecule has 2 rings (SSSR count). The minimum absolute atomic E-state index is 0.621. The maximum absolute atomic E-state index is 5.95. The maximum atomic E-state index is 5.95. The molecule has 1 heterocycles. The molecule has 4 heteroatoms. The molecule has 1 saturated carbocycles. The number of nitrogens with two attached hydrogens (primary N) is 1. The Morgan fingerprint density at radius 2 is 2.20 bits per heavy atom. The predicted molar refractivity (Wildman–Crippen MR) is 84.7 cm³/mol. The van der Waals surface area contributed by atoms with Gasteiger partial charge in [0.25, 0.3) is 0 Å². The third-order valence-corrected chi connectivity index (χ3v) is 4.37. The van der Waals surface area contributed by atoms with Gasteiger partial charge in [0.15, 0.2) is 0 Å². The summed E-state index contributed by atoms with van der Waals surface area (Å²) in [5.74, 6) is 3.33. The largest absolute Gasteiger partial charge is 0.383 e. The molecule has 0 radical (unpaired) electrons. The van der Waals surface area contributed by atoms with Gasteiger partial charge in [-0.05, 0) is 31.1 Å². The van der Waals surface area contributed by atoms with Gasteiger partial charge < -0.3 is 11.1 Å². The van der Waals surface area contributed by atoms with Gasteiger partial charge in [0, 0.05) is 12.1 Å². The van der Waals surface area contributed by atoms with Crippen LogP contribution in [-0.4, -0.2) is 16.5 Å². The molecule has 4 nitrogen and oxygen atoms in total. The smallest absolute Gasteiger partial charge is 0.134 e. The molecule has 0 aromatic carbocycles. The minimum atomic E-state index is 0.621. The van der Waals surface area contributed by atoms with E-state index in [-0.39, 0.29) is 0 Å². The van der Waals surface area contributed by atoms with Crippen LogP contribution in [0, 0.1) is 11.8 Å². The highest BCUT2D eigenvalue weighted by molar-refractivity contribution is 5.54. The molecule has 0 saturated heterocycles. The lowest BCUT2D eigenvalue weighted by atomic mass is 9.81. The van der Waals surface area contributed by atoms with Gasteiger partial charge in [-0.3, -0.25) is 0 Å². The number of aromatic nitrogens is 2. The van der Waals surface area contributed by atoms with Crippen molar-refractivity contribution in [2.75, 3.05) is 17.6 Å². The zero-order valence-electron chi connectivity index (χ0n) is 12.9. The molecule has 3 N–H and O–H groups in total. The van der Waals surface area contributed by atoms with Crippen LogP contribution in [0.3, 0.4) is 0 Å². The predicted octanol–water partition coefficient (Wildman–Crippen LogP) is 3.64. The maximum Gasteiger partial charge on any atom is 0.134 e. The third-order valence-electron chi connectivity index (χ3n) is 4.37. The Morgan fingerprint density at radius 1 is 1.35 bits per heavy atom. The Labute approximate surface area is 122 Å². The Bertz CT molecular complexity index is 419. The van der Waals surface area contributed by atoms with E-state index in [0.717, 1.165) is 42.6 Å². The number of nitrogen functional groups attached to an aromatic ring is 1. The molecule has 1 aromatic rings. The Balaban J connectivity index is 1.86. The van der Waals surface area contributed by atoms with Crippen molar-refractivity contribution in [1.82, 2.24) is 9.97 Å². The summed E-state index contributed by atoms with van der Waals surface area (Å²) in [5.41, 5.74) is 7.02. The fourth-order valence-electron chi connectivity index (χ4n) is 3.29. The van der Waals surface area contributed by atoms with Crippen molar-refractivity contribution >= 4 is 11.6 Å². The van der Waals surface area contributed by atoms with E-state index in [0.29, 0.717) is 5.82 Å². The lowest BCUT2D eigenvalue weighted by Gasteiger charge is -2.26. The Morgan fingerprint density at radius 3 is 2.95 bits per heavy atom. The van der Waals surface area contributed by atoms with Gasteiger partial charge in [0.2, 0.25) is 0 Å². The fourth-order valence-corrected chi connectivity index (χ4v) is 3.29. The monoisotopic (exact) mass is 276 g/mol. The summed E-state index contributed by atoms with van der Waals surface area (Å²) in [4.78, 5) is 8.45. The van der Waals surface area contributed by atoms with Crippen LogP contribution in [0.1, 0.15) is 57.9 Å². The van der Waals surface area contributed by atoms with Gasteiger partial charge in [-0.15, -0.1) is 0 Å². The molecular weight excluding hydrogens is 248 g/mol. The lowest BCUT2D eigenvalue weighted by molar-refractivity contribution is 0.274. The second-order valence-corrected chi connectivity index (χ2v) is 6.19. The van der Waals surface area contributed by atoms with E-state index in [1.165, 1.54) is 32.1 Å². The van der Waals surface area contributed by atoms with Crippen molar-refractivity contribution in [3.63, 3.8) is 0 Å². The standard InChI is InChI=1S/C16H28N4/c1-3-5-14-15(17)19-11-20-16(14)18-9-8-13-7-4-6-12(2)10-13/h11-13H,3-10H2,1-2H3,(H3,17,18,19,20). The van der Waals surface area contributed by atoms with Gasteiger partial charge in [0.1, 0.15) is 18.0 Å². The van der Waals surface area contributed by atoms with E-state index in [4.69, 9.17) is 5.73 Å². The number of nitrogens with one attached hydrogen (secondary N) is 1. The van der Waals surface area contributed by atoms with Gasteiger partial charge in [-0.1, -0.05) is 39.5 Å². The van der Waals surface area contributed by atoms with Gasteiger partial charge in [-0.2, -0.15) is 0 Å². The number of rotatable bonds is 6. The molecule has 0 amide bonds. The molecular formula is C16H28N4. The molecule has 2 unspecified atom stereocenters. The quantitative estimate of drug-likeness (QED) is 0.832. The van der Waals surface area contributed by atoms with Crippen LogP contribution < -0.4 is 11.1 Å². The topological polar surface area (TPSA) is 63.8 Å². The summed E-state index contributed by atoms with van der Waals surface area (Å²) in [6.07, 6.45) is 10.4. The third kappa shape index (κ3) is 4.09. The molecule has 1 aliphatic rings. The van der Waals surface area contributed by atoms with Crippen LogP contribution in [0.2, 0.25) is 0 Å². The zero-order valence-corrected chi connectivity index (χ0v) is 12.9. The molecule has 0 aliphatic heterocycles. The van der Waals surface area contributed by atoms with Crippen LogP contribution in [0.15, 0.2) is 6.33 Å². The molecule has 0 spiro atoms. The Hall–Kier alpha value is -1.32. The molecule has 0 bridgehead atoms. The van der Waals surface area contributed by atoms with Gasteiger partial charge >= 0.3 is 0 Å². The van der Waals surface area contributed by atoms with Gasteiger partial charge in [-0.25, -0.2) is 9.97 Å². The number of nitrogens with zero attached hydrogens (tertiary/aromatic N) is 2. The summed E-state index contributed by atoms with van der Waals surface area (Å²) < 4.78 is 0. The highest BCUT2D eigenvalue weighted by Crippen LogP contribution is 2.30. The molecule has 112 valence electrons. The normalized spacial score (nSPS) is 22.7. The highest BCUT2D eigenvalue weighted by Gasteiger charge is 2.18. The molecule has 2 atom stereocenters. The van der Waals surface area contributed by atoms with E-state index in [1.54, 1.807) is 6.33 Å². The van der Waals surface area contributed by atoms with Crippen LogP contribution in [0.4, 0.5) is 11.6 Å². The average Bonchev–Trinajstić information content (AvgIpc) is 2.42. The van der Waals surface area contributed by atoms with Crippen molar-refractivity contribution in [1.29, 1.82) is 0 Å². The van der Waals surface area contributed by atoms with Crippen LogP contribution in [0.25, 0.3) is 0 Å². The molecule has 20 heavy (non-hydrogen) atoms. The number of anilines is 2. The van der Waals surface area contributed by atoms with E-state index in [9.17, 15) is 0 Å². The highest BCUT2D eigenvalue weighted by atomic mass is 15.0. The first-order valence-corrected chi connectivity index (χ1v) is 8.04. The van der Waals surface area contributed by atoms with Crippen LogP contribution in [0.5, 0.6) is 0 Å². The molecule has 1 fully saturated rings. The van der Waals surface area contributed by atoms with Crippen molar-refractivity contribution in [3.8, 4) is 0 Å². The van der Waals surface area contributed by atoms with Crippen molar-refractivity contribution in [2.45, 2.75) is 58.8 Å². The van der Waals surface area contributed by atoms with Crippen molar-refractivity contribution in [3.05, 3.63) is 11.9 Å². The molecule has 1 aliphatic carbocycles. The molecule has 1 aromatic heterocycles. The average molecular weight is 276 g/mol. The summed E-state index contributed by atoms with van der Waals surface area (Å²) in [7, 11) is 0. The van der Waals surface area contributed by atoms with Crippen LogP contribution >= 0.6 is 0 Å². The summed E-state index contributed by atoms with van der Waals surface area (Å²) in [5, 5.41) is 3.47. The zero-order chi connectivity index (χ0) is 14.4. The number of hydrogen-bond acceptors (Lipinski definition) is 4. The number of hydrogen-bond donors (Lipinski definition) is 2. The van der Waals surface area contributed by atoms with Crippen molar-refractivity contribution in [2.24, 2.45) is 11.8 Å². The van der Waals surface area contributed by atoms with E-state index in [1.807, 2.05) is 0 Å². The SMILES string of the molecule is CCCc1c(N)ncnc1NCCC1CCCC(C)C1. The summed E-state index contributed by atoms with van der Waals surface area (Å²) in [6.45, 7) is 5.52. The van der Waals surface area contributed by atoms with E-state index < -0.39 is 0 Å². The Kier molecular flexibility index (Phi) is 5.62. The second kappa shape index (κ2) is 7.46. The summed E-state index contributed by atoms with van der Waals surface area (Å²) in [6, 6.07) is 0.